The average molecular weight is 643 g/mol. The fourth-order valence-corrected chi connectivity index (χ4v) is 6.40. The van der Waals surface area contributed by atoms with E-state index >= 15 is 0 Å². The monoisotopic (exact) mass is 642 g/mol. The lowest BCUT2D eigenvalue weighted by Gasteiger charge is -2.17. The summed E-state index contributed by atoms with van der Waals surface area (Å²) in [6.45, 7) is -0.857. The van der Waals surface area contributed by atoms with E-state index in [1.54, 1.807) is 12.1 Å². The normalized spacial score (nSPS) is 25.0. The molecular formula is C33H34N8O6. The number of rotatable bonds is 9. The van der Waals surface area contributed by atoms with Crippen molar-refractivity contribution in [1.82, 2.24) is 34.2 Å². The van der Waals surface area contributed by atoms with Gasteiger partial charge in [0.2, 0.25) is 0 Å². The number of amides is 1. The molecule has 0 saturated heterocycles. The number of imidazole rings is 1. The quantitative estimate of drug-likeness (QED) is 0.178. The second-order valence-corrected chi connectivity index (χ2v) is 11.9. The van der Waals surface area contributed by atoms with Crippen LogP contribution in [-0.2, 0) is 33.4 Å². The number of carbonyl (C=O) groups is 3. The summed E-state index contributed by atoms with van der Waals surface area (Å²) in [5.74, 6) is -0.153. The van der Waals surface area contributed by atoms with Crippen LogP contribution in [0.1, 0.15) is 60.2 Å². The van der Waals surface area contributed by atoms with E-state index < -0.39 is 42.3 Å². The van der Waals surface area contributed by atoms with Crippen LogP contribution in [0.5, 0.6) is 0 Å². The van der Waals surface area contributed by atoms with E-state index in [-0.39, 0.29) is 59.4 Å². The molecule has 14 heteroatoms. The Hall–Kier alpha value is -5.53. The average Bonchev–Trinajstić information content (AvgIpc) is 3.33. The van der Waals surface area contributed by atoms with Crippen LogP contribution in [0.15, 0.2) is 59.5 Å². The predicted octanol–water partition coefficient (Wildman–Crippen LogP) is 3.96. The molecule has 2 saturated carbocycles. The number of carbonyl (C=O) groups excluding carboxylic acids is 3. The van der Waals surface area contributed by atoms with Crippen molar-refractivity contribution in [3.05, 3.63) is 76.5 Å². The van der Waals surface area contributed by atoms with Gasteiger partial charge in [-0.1, -0.05) is 37.3 Å². The first-order valence-electron chi connectivity index (χ1n) is 17.1. The van der Waals surface area contributed by atoms with Crippen molar-refractivity contribution < 1.29 is 29.3 Å². The highest BCUT2D eigenvalue weighted by molar-refractivity contribution is 5.96. The molecule has 0 bridgehead atoms. The highest BCUT2D eigenvalue weighted by Crippen LogP contribution is 2.52. The van der Waals surface area contributed by atoms with Crippen molar-refractivity contribution in [2.75, 3.05) is 12.4 Å². The molecule has 5 aromatic rings. The zero-order valence-electron chi connectivity index (χ0n) is 29.6. The van der Waals surface area contributed by atoms with Crippen LogP contribution in [-0.4, -0.2) is 60.4 Å². The Kier molecular flexibility index (Phi) is 6.37. The van der Waals surface area contributed by atoms with Crippen LogP contribution >= 0.6 is 0 Å². The Morgan fingerprint density at radius 1 is 1.17 bits per heavy atom. The Labute approximate surface area is 274 Å². The van der Waals surface area contributed by atoms with Crippen LogP contribution in [0, 0.1) is 5.92 Å². The third-order valence-corrected chi connectivity index (χ3v) is 8.99. The Morgan fingerprint density at radius 2 is 1.98 bits per heavy atom. The molecule has 242 valence electrons. The van der Waals surface area contributed by atoms with E-state index in [1.807, 2.05) is 37.3 Å². The minimum absolute atomic E-state index is 0.0302. The standard InChI is InChI=1S/C33H34N8O6/c1-19-15-33(19,30(43)47-18-20-7-5-4-6-8-20)41-29-23(24(17-42)38-41)11-12-27(37-29)36-28-14-25-26(16-34-28)39(2)32(45)40(25)22-10-9-21(13-22)35-31(44)46-3/h4-8,11-12,14,16-17,19,21-22H,9-10,13,15,18H2,1-3H3,(H,35,44)(H,34,36,37)/t19-,21+,22+,33-/m0/s1/i2D3,21D. The van der Waals surface area contributed by atoms with E-state index in [4.69, 9.17) is 15.2 Å². The summed E-state index contributed by atoms with van der Waals surface area (Å²) in [6, 6.07) is 12.0. The summed E-state index contributed by atoms with van der Waals surface area (Å²) >= 11 is 0. The lowest BCUT2D eigenvalue weighted by molar-refractivity contribution is -0.151. The molecule has 2 aliphatic rings. The Balaban J connectivity index is 1.24. The molecular weight excluding hydrogens is 604 g/mol. The number of anilines is 2. The second-order valence-electron chi connectivity index (χ2n) is 11.9. The number of alkyl carbamates (subject to hydrolysis) is 1. The van der Waals surface area contributed by atoms with Crippen molar-refractivity contribution >= 4 is 52.1 Å². The van der Waals surface area contributed by atoms with E-state index in [9.17, 15) is 19.2 Å². The second kappa shape index (κ2) is 11.7. The molecule has 1 aromatic carbocycles. The Morgan fingerprint density at radius 3 is 2.70 bits per heavy atom. The molecule has 2 N–H and O–H groups in total. The van der Waals surface area contributed by atoms with Gasteiger partial charge >= 0.3 is 17.8 Å². The molecule has 0 aliphatic heterocycles. The number of aromatic nitrogens is 6. The van der Waals surface area contributed by atoms with Crippen LogP contribution in [0.25, 0.3) is 22.1 Å². The van der Waals surface area contributed by atoms with Crippen LogP contribution in [0.4, 0.5) is 16.4 Å². The van der Waals surface area contributed by atoms with Gasteiger partial charge in [0.15, 0.2) is 17.5 Å². The minimum Gasteiger partial charge on any atom is -0.459 e. The van der Waals surface area contributed by atoms with Gasteiger partial charge in [0.25, 0.3) is 0 Å². The van der Waals surface area contributed by atoms with Crippen molar-refractivity contribution in [2.24, 2.45) is 12.9 Å². The number of aryl methyl sites for hydroxylation is 1. The summed E-state index contributed by atoms with van der Waals surface area (Å²) in [7, 11) is 1.19. The SMILES string of the molecule is [2H]C([2H])([2H])n1c(=O)n([C@@H]2CC[C@@]([2H])(NC(=O)OC)C2)c2cc(Nc3ccc4c(C=O)nn([C@@]5(C(=O)OCc6ccccc6)C[C@@H]5C)c4n3)ncc21. The number of ether oxygens (including phenoxy) is 2. The van der Waals surface area contributed by atoms with Crippen molar-refractivity contribution in [3.63, 3.8) is 0 Å². The lowest BCUT2D eigenvalue weighted by Crippen LogP contribution is -2.33. The molecule has 4 aromatic heterocycles. The van der Waals surface area contributed by atoms with Crippen LogP contribution in [0.2, 0.25) is 0 Å². The van der Waals surface area contributed by atoms with E-state index in [2.05, 4.69) is 25.5 Å². The summed E-state index contributed by atoms with van der Waals surface area (Å²) in [5, 5.41) is 10.5. The van der Waals surface area contributed by atoms with E-state index in [0.29, 0.717) is 29.1 Å². The summed E-state index contributed by atoms with van der Waals surface area (Å²) < 4.78 is 46.7. The van der Waals surface area contributed by atoms with E-state index in [1.165, 1.54) is 28.6 Å². The number of hydrogen-bond donors (Lipinski definition) is 2. The first-order valence-corrected chi connectivity index (χ1v) is 15.1. The van der Waals surface area contributed by atoms with Gasteiger partial charge in [0.1, 0.15) is 23.9 Å². The van der Waals surface area contributed by atoms with Gasteiger partial charge in [-0.25, -0.2) is 29.0 Å². The lowest BCUT2D eigenvalue weighted by atomic mass is 10.2. The first kappa shape index (κ1) is 25.6. The van der Waals surface area contributed by atoms with Crippen LogP contribution < -0.4 is 16.3 Å². The molecule has 4 heterocycles. The van der Waals surface area contributed by atoms with Gasteiger partial charge < -0.3 is 20.1 Å². The number of nitrogens with one attached hydrogen (secondary N) is 2. The number of esters is 1. The summed E-state index contributed by atoms with van der Waals surface area (Å²) in [5.41, 5.74) is -0.451. The molecule has 1 amide bonds. The molecule has 0 unspecified atom stereocenters. The number of pyridine rings is 2. The van der Waals surface area contributed by atoms with Crippen molar-refractivity contribution in [3.8, 4) is 0 Å². The Bertz CT molecular complexity index is 2250. The largest absolute Gasteiger partial charge is 0.459 e. The highest BCUT2D eigenvalue weighted by atomic mass is 16.5. The van der Waals surface area contributed by atoms with Gasteiger partial charge in [-0.05, 0) is 49.3 Å². The maximum Gasteiger partial charge on any atom is 0.407 e. The maximum atomic E-state index is 13.7. The van der Waals surface area contributed by atoms with E-state index in [0.717, 1.165) is 5.56 Å². The molecule has 14 nitrogen and oxygen atoms in total. The van der Waals surface area contributed by atoms with Gasteiger partial charge in [0.05, 0.1) is 25.7 Å². The number of fused-ring (bicyclic) bond motifs is 2. The topological polar surface area (TPSA) is 164 Å². The van der Waals surface area contributed by atoms with Gasteiger partial charge in [-0.15, -0.1) is 0 Å². The number of methoxy groups -OCH3 is 1. The summed E-state index contributed by atoms with van der Waals surface area (Å²) in [4.78, 5) is 60.3. The molecule has 0 radical (unpaired) electrons. The number of nitrogens with zero attached hydrogens (tertiary/aromatic N) is 6. The molecule has 0 spiro atoms. The molecule has 4 atom stereocenters. The third-order valence-electron chi connectivity index (χ3n) is 8.99. The van der Waals surface area contributed by atoms with Gasteiger partial charge in [-0.3, -0.25) is 13.9 Å². The zero-order valence-corrected chi connectivity index (χ0v) is 25.6. The smallest absolute Gasteiger partial charge is 0.407 e. The minimum atomic E-state index is -2.82. The summed E-state index contributed by atoms with van der Waals surface area (Å²) in [6.07, 6.45) is 2.07. The number of benzene rings is 1. The molecule has 7 rings (SSSR count). The molecule has 47 heavy (non-hydrogen) atoms. The van der Waals surface area contributed by atoms with Crippen molar-refractivity contribution in [2.45, 2.75) is 56.8 Å². The maximum absolute atomic E-state index is 13.7. The molecule has 2 aliphatic carbocycles. The number of hydrogen-bond acceptors (Lipinski definition) is 10. The zero-order chi connectivity index (χ0) is 36.3. The third kappa shape index (κ3) is 5.19. The fraction of sp³-hybridized carbons (Fsp3) is 0.364. The van der Waals surface area contributed by atoms with Gasteiger partial charge in [-0.2, -0.15) is 5.10 Å². The highest BCUT2D eigenvalue weighted by Gasteiger charge is 2.62. The van der Waals surface area contributed by atoms with Crippen LogP contribution in [0.3, 0.4) is 0 Å². The number of aldehydes is 1. The van der Waals surface area contributed by atoms with Gasteiger partial charge in [0, 0.05) is 34.6 Å². The fourth-order valence-electron chi connectivity index (χ4n) is 6.40. The van der Waals surface area contributed by atoms with Crippen molar-refractivity contribution in [1.29, 1.82) is 0 Å². The first-order chi connectivity index (χ1) is 24.3. The predicted molar refractivity (Wildman–Crippen MR) is 171 cm³/mol. The molecule has 2 fully saturated rings.